The Labute approximate surface area is 155 Å². The standard InChI is InChI=1S/C21H25N5/c1-15-16(2)23-20(18-9-11-22-12-10-18)24-21(15)26(5)14-17-7-6-8-19(13-17)25(3)4/h6-13H,14H2,1-5H3. The lowest BCUT2D eigenvalue weighted by atomic mass is 10.1. The highest BCUT2D eigenvalue weighted by Crippen LogP contribution is 2.25. The quantitative estimate of drug-likeness (QED) is 0.701. The third-order valence-electron chi connectivity index (χ3n) is 4.51. The van der Waals surface area contributed by atoms with Gasteiger partial charge in [0.2, 0.25) is 0 Å². The molecule has 0 bridgehead atoms. The zero-order valence-corrected chi connectivity index (χ0v) is 16.1. The zero-order valence-electron chi connectivity index (χ0n) is 16.1. The molecule has 0 fully saturated rings. The maximum Gasteiger partial charge on any atom is 0.161 e. The molecule has 0 spiro atoms. The van der Waals surface area contributed by atoms with Gasteiger partial charge in [-0.3, -0.25) is 4.98 Å². The Morgan fingerprint density at radius 2 is 1.65 bits per heavy atom. The van der Waals surface area contributed by atoms with Gasteiger partial charge in [-0.25, -0.2) is 9.97 Å². The Balaban J connectivity index is 1.93. The molecule has 5 nitrogen and oxygen atoms in total. The Hall–Kier alpha value is -2.95. The number of hydrogen-bond donors (Lipinski definition) is 0. The molecule has 0 radical (unpaired) electrons. The number of aryl methyl sites for hydroxylation is 1. The normalized spacial score (nSPS) is 10.7. The lowest BCUT2D eigenvalue weighted by molar-refractivity contribution is 0.877. The molecule has 26 heavy (non-hydrogen) atoms. The van der Waals surface area contributed by atoms with Gasteiger partial charge in [-0.05, 0) is 43.7 Å². The van der Waals surface area contributed by atoms with Crippen LogP contribution in [0.5, 0.6) is 0 Å². The topological polar surface area (TPSA) is 45.2 Å². The van der Waals surface area contributed by atoms with Crippen molar-refractivity contribution in [3.8, 4) is 11.4 Å². The fourth-order valence-corrected chi connectivity index (χ4v) is 2.90. The van der Waals surface area contributed by atoms with Gasteiger partial charge in [-0.15, -0.1) is 0 Å². The second-order valence-corrected chi connectivity index (χ2v) is 6.74. The van der Waals surface area contributed by atoms with E-state index in [0.29, 0.717) is 0 Å². The van der Waals surface area contributed by atoms with Crippen LogP contribution in [0.25, 0.3) is 11.4 Å². The second kappa shape index (κ2) is 7.52. The molecule has 0 unspecified atom stereocenters. The largest absolute Gasteiger partial charge is 0.378 e. The average Bonchev–Trinajstić information content (AvgIpc) is 2.64. The van der Waals surface area contributed by atoms with Crippen LogP contribution in [0.1, 0.15) is 16.8 Å². The Morgan fingerprint density at radius 1 is 0.923 bits per heavy atom. The van der Waals surface area contributed by atoms with Gasteiger partial charge in [0.25, 0.3) is 0 Å². The molecule has 3 rings (SSSR count). The molecule has 0 saturated carbocycles. The van der Waals surface area contributed by atoms with Gasteiger partial charge in [0.15, 0.2) is 5.82 Å². The molecule has 0 amide bonds. The summed E-state index contributed by atoms with van der Waals surface area (Å²) in [6.45, 7) is 4.90. The first-order chi connectivity index (χ1) is 12.5. The SMILES string of the molecule is Cc1nc(-c2ccncc2)nc(N(C)Cc2cccc(N(C)C)c2)c1C. The highest BCUT2D eigenvalue weighted by atomic mass is 15.2. The van der Waals surface area contributed by atoms with Crippen molar-refractivity contribution in [3.05, 3.63) is 65.6 Å². The molecule has 0 saturated heterocycles. The highest BCUT2D eigenvalue weighted by Gasteiger charge is 2.14. The maximum atomic E-state index is 4.83. The molecule has 2 aromatic heterocycles. The summed E-state index contributed by atoms with van der Waals surface area (Å²) in [6, 6.07) is 12.5. The lowest BCUT2D eigenvalue weighted by Gasteiger charge is -2.23. The van der Waals surface area contributed by atoms with Gasteiger partial charge in [-0.2, -0.15) is 0 Å². The number of hydrogen-bond acceptors (Lipinski definition) is 5. The number of rotatable bonds is 5. The van der Waals surface area contributed by atoms with Crippen LogP contribution in [0.15, 0.2) is 48.8 Å². The van der Waals surface area contributed by atoms with Crippen molar-refractivity contribution in [1.82, 2.24) is 15.0 Å². The van der Waals surface area contributed by atoms with Crippen molar-refractivity contribution >= 4 is 11.5 Å². The van der Waals surface area contributed by atoms with Crippen molar-refractivity contribution in [3.63, 3.8) is 0 Å². The fraction of sp³-hybridized carbons (Fsp3) is 0.286. The molecular formula is C21H25N5. The van der Waals surface area contributed by atoms with Crippen molar-refractivity contribution in [1.29, 1.82) is 0 Å². The summed E-state index contributed by atoms with van der Waals surface area (Å²) in [6.07, 6.45) is 3.54. The van der Waals surface area contributed by atoms with E-state index in [1.165, 1.54) is 11.3 Å². The van der Waals surface area contributed by atoms with E-state index in [2.05, 4.69) is 72.1 Å². The molecular weight excluding hydrogens is 322 g/mol. The van der Waals surface area contributed by atoms with E-state index in [9.17, 15) is 0 Å². The Bertz CT molecular complexity index is 890. The smallest absolute Gasteiger partial charge is 0.161 e. The minimum absolute atomic E-state index is 0.736. The predicted octanol–water partition coefficient (Wildman–Crippen LogP) is 3.86. The van der Waals surface area contributed by atoms with E-state index in [-0.39, 0.29) is 0 Å². The van der Waals surface area contributed by atoms with Crippen molar-refractivity contribution < 1.29 is 0 Å². The van der Waals surface area contributed by atoms with Gasteiger partial charge in [0.1, 0.15) is 5.82 Å². The number of anilines is 2. The summed E-state index contributed by atoms with van der Waals surface area (Å²) in [5, 5.41) is 0. The van der Waals surface area contributed by atoms with E-state index in [1.54, 1.807) is 12.4 Å². The first kappa shape index (κ1) is 17.9. The molecule has 0 aliphatic carbocycles. The number of pyridine rings is 1. The van der Waals surface area contributed by atoms with Crippen LogP contribution >= 0.6 is 0 Å². The van der Waals surface area contributed by atoms with Crippen LogP contribution in [0, 0.1) is 13.8 Å². The summed E-state index contributed by atoms with van der Waals surface area (Å²) < 4.78 is 0. The van der Waals surface area contributed by atoms with Crippen molar-refractivity contribution in [2.24, 2.45) is 0 Å². The van der Waals surface area contributed by atoms with E-state index in [4.69, 9.17) is 4.98 Å². The fourth-order valence-electron chi connectivity index (χ4n) is 2.90. The Kier molecular flexibility index (Phi) is 5.16. The molecule has 1 aromatic carbocycles. The molecule has 0 atom stereocenters. The average molecular weight is 347 g/mol. The van der Waals surface area contributed by atoms with E-state index in [0.717, 1.165) is 35.0 Å². The Morgan fingerprint density at radius 3 is 2.35 bits per heavy atom. The van der Waals surface area contributed by atoms with E-state index < -0.39 is 0 Å². The summed E-state index contributed by atoms with van der Waals surface area (Å²) in [7, 11) is 6.19. The van der Waals surface area contributed by atoms with E-state index in [1.807, 2.05) is 19.1 Å². The van der Waals surface area contributed by atoms with Gasteiger partial charge < -0.3 is 9.80 Å². The number of benzene rings is 1. The molecule has 3 aromatic rings. The van der Waals surface area contributed by atoms with Crippen LogP contribution in [-0.4, -0.2) is 36.1 Å². The molecule has 134 valence electrons. The summed E-state index contributed by atoms with van der Waals surface area (Å²) in [5.41, 5.74) is 5.53. The van der Waals surface area contributed by atoms with Gasteiger partial charge >= 0.3 is 0 Å². The van der Waals surface area contributed by atoms with Gasteiger partial charge in [0.05, 0.1) is 0 Å². The minimum Gasteiger partial charge on any atom is -0.378 e. The first-order valence-corrected chi connectivity index (χ1v) is 8.68. The van der Waals surface area contributed by atoms with Crippen LogP contribution in [-0.2, 0) is 6.54 Å². The molecule has 0 N–H and O–H groups in total. The summed E-state index contributed by atoms with van der Waals surface area (Å²) in [4.78, 5) is 17.9. The molecule has 2 heterocycles. The number of aromatic nitrogens is 3. The third kappa shape index (κ3) is 3.82. The summed E-state index contributed by atoms with van der Waals surface area (Å²) >= 11 is 0. The molecule has 5 heteroatoms. The monoisotopic (exact) mass is 347 g/mol. The number of nitrogens with zero attached hydrogens (tertiary/aromatic N) is 5. The van der Waals surface area contributed by atoms with Crippen LogP contribution in [0.2, 0.25) is 0 Å². The maximum absolute atomic E-state index is 4.83. The highest BCUT2D eigenvalue weighted by molar-refractivity contribution is 5.60. The van der Waals surface area contributed by atoms with Crippen molar-refractivity contribution in [2.75, 3.05) is 30.9 Å². The van der Waals surface area contributed by atoms with Gasteiger partial charge in [0, 0.05) is 62.6 Å². The minimum atomic E-state index is 0.736. The predicted molar refractivity (Wildman–Crippen MR) is 108 cm³/mol. The lowest BCUT2D eigenvalue weighted by Crippen LogP contribution is -2.20. The van der Waals surface area contributed by atoms with Crippen LogP contribution < -0.4 is 9.80 Å². The molecule has 0 aliphatic rings. The molecule has 0 aliphatic heterocycles. The van der Waals surface area contributed by atoms with E-state index >= 15 is 0 Å². The first-order valence-electron chi connectivity index (χ1n) is 8.68. The van der Waals surface area contributed by atoms with Crippen molar-refractivity contribution in [2.45, 2.75) is 20.4 Å². The summed E-state index contributed by atoms with van der Waals surface area (Å²) in [5.74, 6) is 1.69. The third-order valence-corrected chi connectivity index (χ3v) is 4.51. The van der Waals surface area contributed by atoms with Crippen LogP contribution in [0.4, 0.5) is 11.5 Å². The van der Waals surface area contributed by atoms with Gasteiger partial charge in [-0.1, -0.05) is 12.1 Å². The second-order valence-electron chi connectivity index (χ2n) is 6.74. The van der Waals surface area contributed by atoms with Crippen LogP contribution in [0.3, 0.4) is 0 Å². The zero-order chi connectivity index (χ0) is 18.7.